The molecule has 0 unspecified atom stereocenters. The van der Waals surface area contributed by atoms with Gasteiger partial charge in [-0.1, -0.05) is 130 Å². The molecule has 0 radical (unpaired) electrons. The molecule has 0 N–H and O–H groups in total. The molecule has 3 aliphatic heterocycles. The first-order chi connectivity index (χ1) is 46.2. The lowest BCUT2D eigenvalue weighted by molar-refractivity contribution is 0.590. The Balaban J connectivity index is 1.28. The van der Waals surface area contributed by atoms with Crippen molar-refractivity contribution >= 4 is 139 Å². The molecule has 3 aromatic heterocycles. The third-order valence-electron chi connectivity index (χ3n) is 12.2. The van der Waals surface area contributed by atoms with Crippen molar-refractivity contribution in [2.24, 2.45) is 0 Å². The van der Waals surface area contributed by atoms with Gasteiger partial charge in [0.1, 0.15) is 5.58 Å². The first kappa shape index (κ1) is 18.0. The summed E-state index contributed by atoms with van der Waals surface area (Å²) in [7, 11) is 0. The normalized spacial score (nSPS) is 20.2. The first-order valence-corrected chi connectivity index (χ1v) is 21.4. The van der Waals surface area contributed by atoms with Gasteiger partial charge in [0.25, 0.3) is 6.71 Å². The van der Waals surface area contributed by atoms with Crippen LogP contribution in [0.4, 0.5) is 51.2 Å². The van der Waals surface area contributed by atoms with Crippen molar-refractivity contribution in [1.29, 1.82) is 0 Å². The highest BCUT2D eigenvalue weighted by molar-refractivity contribution is 7.25. The zero-order valence-corrected chi connectivity index (χ0v) is 35.5. The average molecular weight is 909 g/mol. The van der Waals surface area contributed by atoms with Crippen molar-refractivity contribution < 1.29 is 48.3 Å². The predicted octanol–water partition coefficient (Wildman–Crippen LogP) is 15.1. The molecule has 67 heavy (non-hydrogen) atoms. The van der Waals surface area contributed by atoms with Gasteiger partial charge in [-0.25, -0.2) is 0 Å². The number of hydrogen-bond donors (Lipinski definition) is 0. The van der Waals surface area contributed by atoms with E-state index in [1.54, 1.807) is 20.8 Å². The molecule has 0 saturated carbocycles. The van der Waals surface area contributed by atoms with E-state index in [4.69, 9.17) is 20.9 Å². The first-order valence-electron chi connectivity index (χ1n) is 36.6. The van der Waals surface area contributed by atoms with E-state index >= 15 is 0 Å². The van der Waals surface area contributed by atoms with Crippen LogP contribution in [0.15, 0.2) is 198 Å². The lowest BCUT2D eigenvalue weighted by atomic mass is 9.35. The number of benzene rings is 9. The molecule has 6 heterocycles. The van der Waals surface area contributed by atoms with Crippen LogP contribution >= 0.6 is 11.3 Å². The number of fused-ring (bicyclic) bond motifs is 14. The van der Waals surface area contributed by atoms with Crippen molar-refractivity contribution in [3.05, 3.63) is 199 Å². The molecule has 3 aliphatic rings. The van der Waals surface area contributed by atoms with E-state index in [1.165, 1.54) is 0 Å². The SMILES string of the molecule is [2H]c1c([2H])c([2H])c(N(c2c([2H])c([2H])c([2H])c([2H])c2[2H])c2c([2H])c3c4c(c2[2H])N2c5c(c([2H])c([2H])c([2H])c5-n5c6c([2H])c([2H])c([2H])c([2H])c6c6c([2H])c([2H])c([2H])c2c65)B4c2oc4c([2H])c([2H])c(C(C)(C)C)c([2H])c4c2N3c2c([2H])c([2H])c3c(sc4c([2H])c([2H])c([2H])c([2H])c43)c2[2H])c([2H])c1[2H]. The van der Waals surface area contributed by atoms with Crippen LogP contribution in [0.25, 0.3) is 58.6 Å². The minimum atomic E-state index is -2.04. The van der Waals surface area contributed by atoms with E-state index in [0.717, 1.165) is 14.4 Å². The summed E-state index contributed by atoms with van der Waals surface area (Å²) in [4.78, 5) is 2.35. The second-order valence-corrected chi connectivity index (χ2v) is 17.9. The Morgan fingerprint density at radius 1 is 0.522 bits per heavy atom. The quantitative estimate of drug-likeness (QED) is 0.165. The molecular weight excluding hydrogens is 836 g/mol. The molecule has 9 aromatic carbocycles. The second-order valence-electron chi connectivity index (χ2n) is 16.8. The van der Waals surface area contributed by atoms with E-state index < -0.39 is 312 Å². The van der Waals surface area contributed by atoms with Crippen molar-refractivity contribution in [2.45, 2.75) is 26.2 Å². The van der Waals surface area contributed by atoms with E-state index in [2.05, 4.69) is 0 Å². The van der Waals surface area contributed by atoms with Crippen LogP contribution < -0.4 is 31.3 Å². The Bertz CT molecular complexity index is 5870. The summed E-state index contributed by atoms with van der Waals surface area (Å²) in [5.41, 5.74) is -12.4. The molecule has 0 saturated heterocycles. The fourth-order valence-corrected chi connectivity index (χ4v) is 10.4. The summed E-state index contributed by atoms with van der Waals surface area (Å²) < 4.78 is 313. The Kier molecular flexibility index (Phi) is 3.58. The monoisotopic (exact) mass is 909 g/mol. The topological polar surface area (TPSA) is 27.8 Å². The summed E-state index contributed by atoms with van der Waals surface area (Å²) in [5.74, 6) is 0. The highest BCUT2D eigenvalue weighted by Gasteiger charge is 2.49. The standard InChI is InChI=1S/C60H41BN4OS/c1-60(2,3)36-28-31-52-45(32-36)57-59(66-52)61-46-23-15-26-49-58(46)65(48-25-14-22-44-41-20-10-12-24-47(41)64(49)56(44)48)51-34-40(62(37-16-6-4-7-17-37)38-18-8-5-9-19-38)33-50(55(51)61)63(57)39-29-30-43-42-21-11-13-27-53(42)67-54(43)35-39/h4-35H,1-3H3/i4D,5D,6D,7D,8D,9D,10D,11D,12D,13D,14D,15D,16D,17D,18D,19D,20D,21D,22D,23D,24D,25D,26D,27D,28D,29D,30D,31D,32D,33D,34D,35D. The van der Waals surface area contributed by atoms with Crippen molar-refractivity contribution in [2.75, 3.05) is 14.7 Å². The number of furan rings is 1. The second kappa shape index (κ2) is 13.3. The van der Waals surface area contributed by atoms with Gasteiger partial charge >= 0.3 is 0 Å². The Hall–Kier alpha value is -8.00. The minimum Gasteiger partial charge on any atom is -0.468 e. The molecule has 0 spiro atoms. The number of aromatic nitrogens is 1. The van der Waals surface area contributed by atoms with Crippen LogP contribution in [0.3, 0.4) is 0 Å². The van der Waals surface area contributed by atoms with Crippen LogP contribution in [0.5, 0.6) is 0 Å². The van der Waals surface area contributed by atoms with Crippen LogP contribution in [0, 0.1) is 0 Å². The average Bonchev–Trinajstić information content (AvgIpc) is 1.63. The number of para-hydroxylation sites is 5. The molecule has 12 aromatic rings. The van der Waals surface area contributed by atoms with Crippen molar-refractivity contribution in [3.8, 4) is 5.69 Å². The third-order valence-corrected chi connectivity index (χ3v) is 13.2. The van der Waals surface area contributed by atoms with Crippen molar-refractivity contribution in [3.63, 3.8) is 0 Å². The summed E-state index contributed by atoms with van der Waals surface area (Å²) in [6.45, 7) is 2.80. The van der Waals surface area contributed by atoms with Gasteiger partial charge in [-0.3, -0.25) is 0 Å². The number of thiophene rings is 1. The third kappa shape index (κ3) is 5.04. The Labute approximate surface area is 437 Å². The molecule has 0 fully saturated rings. The number of anilines is 9. The lowest BCUT2D eigenvalue weighted by Crippen LogP contribution is -2.61. The fraction of sp³-hybridized carbons (Fsp3) is 0.0667. The molecule has 15 rings (SSSR count). The molecule has 7 heteroatoms. The zero-order chi connectivity index (χ0) is 72.1. The molecule has 5 nitrogen and oxygen atoms in total. The van der Waals surface area contributed by atoms with E-state index in [1.807, 2.05) is 0 Å². The molecule has 0 atom stereocenters. The number of rotatable bonds is 4. The van der Waals surface area contributed by atoms with Gasteiger partial charge in [0.05, 0.1) is 89.0 Å². The molecular formula is C60H41BN4OS. The maximum Gasteiger partial charge on any atom is 0.297 e. The zero-order valence-electron chi connectivity index (χ0n) is 66.7. The summed E-state index contributed by atoms with van der Waals surface area (Å²) in [6, 6.07) is -29.4. The van der Waals surface area contributed by atoms with Crippen LogP contribution in [0.1, 0.15) is 70.2 Å². The Morgan fingerprint density at radius 3 is 1.99 bits per heavy atom. The summed E-state index contributed by atoms with van der Waals surface area (Å²) in [6.07, 6.45) is 0. The molecule has 0 bridgehead atoms. The predicted molar refractivity (Wildman–Crippen MR) is 284 cm³/mol. The van der Waals surface area contributed by atoms with Gasteiger partial charge in [-0.05, 0) is 106 Å². The maximum absolute atomic E-state index is 11.1. The fourth-order valence-electron chi connectivity index (χ4n) is 9.42. The van der Waals surface area contributed by atoms with Crippen LogP contribution in [0.2, 0.25) is 0 Å². The van der Waals surface area contributed by atoms with Gasteiger partial charge in [-0.2, -0.15) is 0 Å². The summed E-state index contributed by atoms with van der Waals surface area (Å²) in [5, 5.41) is -1.98. The van der Waals surface area contributed by atoms with E-state index in [0.29, 0.717) is 16.2 Å². The van der Waals surface area contributed by atoms with Gasteiger partial charge in [0, 0.05) is 64.8 Å². The van der Waals surface area contributed by atoms with Gasteiger partial charge < -0.3 is 23.7 Å². The van der Waals surface area contributed by atoms with E-state index in [-0.39, 0.29) is 25.7 Å². The van der Waals surface area contributed by atoms with Gasteiger partial charge in [0.15, 0.2) is 0 Å². The Morgan fingerprint density at radius 2 is 1.19 bits per heavy atom. The highest BCUT2D eigenvalue weighted by Crippen LogP contribution is 2.55. The minimum absolute atomic E-state index is 0.133. The van der Waals surface area contributed by atoms with Crippen LogP contribution in [-0.4, -0.2) is 11.3 Å². The van der Waals surface area contributed by atoms with Gasteiger partial charge in [0.2, 0.25) is 0 Å². The largest absolute Gasteiger partial charge is 0.468 e. The molecule has 0 amide bonds. The lowest BCUT2D eigenvalue weighted by Gasteiger charge is -2.45. The van der Waals surface area contributed by atoms with Crippen LogP contribution in [-0.2, 0) is 5.41 Å². The summed E-state index contributed by atoms with van der Waals surface area (Å²) >= 11 is 0.594. The molecule has 0 aliphatic carbocycles. The smallest absolute Gasteiger partial charge is 0.297 e. The van der Waals surface area contributed by atoms with Gasteiger partial charge in [-0.15, -0.1) is 11.3 Å². The number of hydrogen-bond acceptors (Lipinski definition) is 5. The molecule has 316 valence electrons. The number of nitrogens with zero attached hydrogens (tertiary/aromatic N) is 4. The van der Waals surface area contributed by atoms with E-state index in [9.17, 15) is 27.4 Å². The highest BCUT2D eigenvalue weighted by atomic mass is 32.1. The van der Waals surface area contributed by atoms with Crippen molar-refractivity contribution in [1.82, 2.24) is 4.57 Å². The maximum atomic E-state index is 11.1.